The van der Waals surface area contributed by atoms with Crippen molar-refractivity contribution < 1.29 is 15.6 Å². The van der Waals surface area contributed by atoms with Gasteiger partial charge in [-0.15, -0.1) is 0 Å². The number of rotatable bonds is 7. The Labute approximate surface area is 278 Å². The van der Waals surface area contributed by atoms with Gasteiger partial charge < -0.3 is 0 Å². The van der Waals surface area contributed by atoms with Crippen LogP contribution in [0.15, 0.2) is 109 Å². The van der Waals surface area contributed by atoms with E-state index in [0.29, 0.717) is 10.5 Å². The number of hydrogen-bond donors (Lipinski definition) is 0. The Morgan fingerprint density at radius 1 is 0.455 bits per heavy atom. The topological polar surface area (TPSA) is 52.6 Å². The first-order valence-electron chi connectivity index (χ1n) is 13.5. The molecule has 0 aliphatic heterocycles. The molecule has 4 nitrogen and oxygen atoms in total. The summed E-state index contributed by atoms with van der Waals surface area (Å²) >= 11 is 19.0. The minimum atomic E-state index is -6.26. The quantitative estimate of drug-likeness (QED) is 0.156. The Kier molecular flexibility index (Phi) is 9.42. The van der Waals surface area contributed by atoms with E-state index < -0.39 is 30.2 Å². The van der Waals surface area contributed by atoms with E-state index in [1.807, 2.05) is 93.6 Å². The van der Waals surface area contributed by atoms with Crippen molar-refractivity contribution in [3.8, 4) is 0 Å². The van der Waals surface area contributed by atoms with Gasteiger partial charge in [-0.2, -0.15) is 0 Å². The molecule has 0 N–H and O–H groups in total. The fourth-order valence-corrected chi connectivity index (χ4v) is 18.8. The second-order valence-electron chi connectivity index (χ2n) is 10.5. The first-order chi connectivity index (χ1) is 20.9. The van der Waals surface area contributed by atoms with E-state index in [1.54, 1.807) is 0 Å². The predicted octanol–water partition coefficient (Wildman–Crippen LogP) is 8.36. The van der Waals surface area contributed by atoms with Crippen molar-refractivity contribution in [1.82, 2.24) is 0 Å². The summed E-state index contributed by atoms with van der Waals surface area (Å²) in [7, 11) is 0. The van der Waals surface area contributed by atoms with Crippen LogP contribution in [0.4, 0.5) is 0 Å². The van der Waals surface area contributed by atoms with Crippen LogP contribution in [-0.2, 0) is 6.03 Å². The molecule has 0 saturated carbocycles. The molecule has 0 aromatic heterocycles. The molecule has 9 heteroatoms. The third-order valence-corrected chi connectivity index (χ3v) is 21.6. The normalized spacial score (nSPS) is 12.2. The van der Waals surface area contributed by atoms with E-state index in [-0.39, 0.29) is 31.2 Å². The molecule has 0 saturated heterocycles. The molecular formula is C35H27Cl4O4Sb. The van der Waals surface area contributed by atoms with Gasteiger partial charge in [-0.25, -0.2) is 0 Å². The van der Waals surface area contributed by atoms with Crippen molar-refractivity contribution >= 4 is 87.1 Å². The molecule has 224 valence electrons. The Balaban J connectivity index is 1.93. The van der Waals surface area contributed by atoms with Gasteiger partial charge in [0.15, 0.2) is 0 Å². The maximum atomic E-state index is 14.4. The summed E-state index contributed by atoms with van der Waals surface area (Å²) in [4.78, 5) is 28.8. The molecule has 5 rings (SSSR count). The van der Waals surface area contributed by atoms with E-state index in [4.69, 9.17) is 52.4 Å². The summed E-state index contributed by atoms with van der Waals surface area (Å²) in [5.41, 5.74) is 3.12. The first-order valence-corrected chi connectivity index (χ1v) is 21.0. The number of aryl methyl sites for hydroxylation is 3. The molecule has 0 aliphatic carbocycles. The fourth-order valence-electron chi connectivity index (χ4n) is 4.99. The van der Waals surface area contributed by atoms with E-state index in [1.165, 1.54) is 36.4 Å². The van der Waals surface area contributed by atoms with Crippen LogP contribution in [-0.4, -0.2) is 30.2 Å². The van der Waals surface area contributed by atoms with E-state index >= 15 is 0 Å². The third-order valence-electron chi connectivity index (χ3n) is 7.22. The van der Waals surface area contributed by atoms with Gasteiger partial charge >= 0.3 is 281 Å². The zero-order chi connectivity index (χ0) is 31.7. The summed E-state index contributed by atoms with van der Waals surface area (Å²) in [5.74, 6) is -1.51. The Morgan fingerprint density at radius 3 is 0.955 bits per heavy atom. The Morgan fingerprint density at radius 2 is 0.705 bits per heavy atom. The van der Waals surface area contributed by atoms with Gasteiger partial charge in [-0.3, -0.25) is 0 Å². The van der Waals surface area contributed by atoms with Crippen LogP contribution in [0.25, 0.3) is 0 Å². The van der Waals surface area contributed by atoms with Gasteiger partial charge in [0.05, 0.1) is 0 Å². The number of hydrogen-bond acceptors (Lipinski definition) is 4. The minimum absolute atomic E-state index is 0.105. The van der Waals surface area contributed by atoms with Crippen molar-refractivity contribution in [3.63, 3.8) is 0 Å². The monoisotopic (exact) mass is 772 g/mol. The van der Waals surface area contributed by atoms with E-state index in [9.17, 15) is 9.59 Å². The Hall–Kier alpha value is -2.98. The molecule has 0 spiro atoms. The van der Waals surface area contributed by atoms with Crippen LogP contribution >= 0.6 is 46.4 Å². The van der Waals surface area contributed by atoms with Crippen molar-refractivity contribution in [1.29, 1.82) is 0 Å². The van der Waals surface area contributed by atoms with Gasteiger partial charge in [-0.05, 0) is 0 Å². The van der Waals surface area contributed by atoms with E-state index in [2.05, 4.69) is 0 Å². The molecular weight excluding hydrogens is 748 g/mol. The van der Waals surface area contributed by atoms with Crippen LogP contribution in [0.1, 0.15) is 37.4 Å². The molecule has 0 heterocycles. The summed E-state index contributed by atoms with van der Waals surface area (Å²) in [5, 5.41) is 1.02. The number of benzene rings is 5. The second-order valence-corrected chi connectivity index (χ2v) is 23.2. The third kappa shape index (κ3) is 6.25. The van der Waals surface area contributed by atoms with Gasteiger partial charge in [0.2, 0.25) is 0 Å². The van der Waals surface area contributed by atoms with Crippen LogP contribution in [0.3, 0.4) is 0 Å². The molecule has 0 radical (unpaired) electrons. The molecule has 5 aromatic carbocycles. The van der Waals surface area contributed by atoms with Crippen molar-refractivity contribution in [3.05, 3.63) is 157 Å². The number of carbonyl (C=O) groups is 2. The number of halogens is 4. The summed E-state index contributed by atoms with van der Waals surface area (Å²) in [6, 6.07) is 31.4. The van der Waals surface area contributed by atoms with E-state index in [0.717, 1.165) is 16.7 Å². The van der Waals surface area contributed by atoms with Gasteiger partial charge in [0.1, 0.15) is 0 Å². The molecule has 0 aliphatic rings. The Bertz CT molecular complexity index is 1650. The molecule has 0 bridgehead atoms. The fraction of sp³-hybridized carbons (Fsp3) is 0.0857. The zero-order valence-corrected chi connectivity index (χ0v) is 29.6. The predicted molar refractivity (Wildman–Crippen MR) is 182 cm³/mol. The van der Waals surface area contributed by atoms with Gasteiger partial charge in [0, 0.05) is 0 Å². The average Bonchev–Trinajstić information content (AvgIpc) is 2.97. The van der Waals surface area contributed by atoms with Crippen molar-refractivity contribution in [2.24, 2.45) is 0 Å². The standard InChI is InChI=1S/2C7H4Cl2O2.3C7H7.Sb/c2*8-5-1-4(7(10)11)2-6(9)3-5;3*1-7-5-3-2-4-6-7;/h2*1-3H,(H,10,11);3*3-6H,1H3;/q;;;;;+2/p-2. The van der Waals surface area contributed by atoms with Crippen LogP contribution < -0.4 is 10.5 Å². The van der Waals surface area contributed by atoms with Crippen LogP contribution in [0.2, 0.25) is 20.1 Å². The van der Waals surface area contributed by atoms with Gasteiger partial charge in [-0.1, -0.05) is 0 Å². The van der Waals surface area contributed by atoms with Crippen molar-refractivity contribution in [2.75, 3.05) is 0 Å². The second kappa shape index (κ2) is 12.8. The molecule has 5 aromatic rings. The zero-order valence-electron chi connectivity index (χ0n) is 24.0. The molecule has 44 heavy (non-hydrogen) atoms. The number of carbonyl (C=O) groups excluding carboxylic acids is 2. The molecule has 0 unspecified atom stereocenters. The summed E-state index contributed by atoms with van der Waals surface area (Å²) in [6.07, 6.45) is 0. The van der Waals surface area contributed by atoms with Crippen molar-refractivity contribution in [2.45, 2.75) is 20.8 Å². The maximum absolute atomic E-state index is 14.4. The first kappa shape index (κ1) is 32.4. The van der Waals surface area contributed by atoms with Gasteiger partial charge in [0.25, 0.3) is 0 Å². The van der Waals surface area contributed by atoms with Crippen LogP contribution in [0.5, 0.6) is 0 Å². The molecule has 0 atom stereocenters. The average molecular weight is 775 g/mol. The summed E-state index contributed by atoms with van der Waals surface area (Å²) < 4.78 is 15.4. The SMILES string of the molecule is Cc1cc[c]([Sb]([O]C(=O)c2cc(Cl)cc(Cl)c2)([O]C(=O)c2cc(Cl)cc(Cl)c2)([c]2ccc(C)cc2)[c]2ccc(C)cc2)cc1. The molecule has 0 fully saturated rings. The summed E-state index contributed by atoms with van der Waals surface area (Å²) in [6.45, 7) is 5.85. The van der Waals surface area contributed by atoms with Crippen LogP contribution in [0, 0.1) is 20.8 Å². The molecule has 0 amide bonds.